The van der Waals surface area contributed by atoms with Gasteiger partial charge in [-0.3, -0.25) is 0 Å². The number of anilines is 1. The van der Waals surface area contributed by atoms with Crippen LogP contribution < -0.4 is 5.32 Å². The van der Waals surface area contributed by atoms with E-state index in [1.807, 2.05) is 25.1 Å². The van der Waals surface area contributed by atoms with Crippen LogP contribution >= 0.6 is 11.8 Å². The van der Waals surface area contributed by atoms with Gasteiger partial charge in [-0.05, 0) is 55.1 Å². The molecule has 1 atom stereocenters. The fraction of sp³-hybridized carbons (Fsp3) is 0.200. The zero-order valence-corrected chi connectivity index (χ0v) is 11.3. The Kier molecular flexibility index (Phi) is 4.26. The summed E-state index contributed by atoms with van der Waals surface area (Å²) in [5, 5.41) is 3.36. The molecule has 0 aromatic heterocycles. The first-order chi connectivity index (χ1) is 8.69. The van der Waals surface area contributed by atoms with Crippen molar-refractivity contribution < 1.29 is 4.39 Å². The van der Waals surface area contributed by atoms with E-state index < -0.39 is 0 Å². The van der Waals surface area contributed by atoms with Crippen molar-refractivity contribution in [2.24, 2.45) is 0 Å². The van der Waals surface area contributed by atoms with Gasteiger partial charge in [0.25, 0.3) is 0 Å². The normalized spacial score (nSPS) is 12.2. The Morgan fingerprint density at radius 3 is 2.44 bits per heavy atom. The molecule has 0 radical (unpaired) electrons. The number of halogens is 1. The molecular formula is C15H16FNS. The van der Waals surface area contributed by atoms with Gasteiger partial charge in [-0.15, -0.1) is 11.8 Å². The Morgan fingerprint density at radius 1 is 1.11 bits per heavy atom. The fourth-order valence-corrected chi connectivity index (χ4v) is 2.20. The zero-order chi connectivity index (χ0) is 13.0. The van der Waals surface area contributed by atoms with E-state index in [9.17, 15) is 4.39 Å². The fourth-order valence-electron chi connectivity index (χ4n) is 1.80. The second-order valence-electron chi connectivity index (χ2n) is 4.15. The molecule has 1 nitrogen and oxygen atoms in total. The molecule has 0 heterocycles. The van der Waals surface area contributed by atoms with E-state index in [2.05, 4.69) is 23.7 Å². The Morgan fingerprint density at radius 2 is 1.83 bits per heavy atom. The Balaban J connectivity index is 2.08. The summed E-state index contributed by atoms with van der Waals surface area (Å²) in [4.78, 5) is 1.24. The predicted molar refractivity (Wildman–Crippen MR) is 76.7 cm³/mol. The second kappa shape index (κ2) is 5.91. The molecule has 0 aliphatic heterocycles. The molecule has 3 heteroatoms. The van der Waals surface area contributed by atoms with Crippen LogP contribution in [0.15, 0.2) is 53.4 Å². The second-order valence-corrected chi connectivity index (χ2v) is 5.03. The average molecular weight is 261 g/mol. The lowest BCUT2D eigenvalue weighted by atomic mass is 10.1. The Bertz CT molecular complexity index is 510. The number of thioether (sulfide) groups is 1. The van der Waals surface area contributed by atoms with E-state index in [1.54, 1.807) is 23.9 Å². The van der Waals surface area contributed by atoms with E-state index in [-0.39, 0.29) is 11.9 Å². The molecule has 18 heavy (non-hydrogen) atoms. The first kappa shape index (κ1) is 13.0. The van der Waals surface area contributed by atoms with Crippen molar-refractivity contribution in [2.75, 3.05) is 11.6 Å². The summed E-state index contributed by atoms with van der Waals surface area (Å²) < 4.78 is 13.1. The topological polar surface area (TPSA) is 12.0 Å². The molecule has 2 rings (SSSR count). The maximum absolute atomic E-state index is 13.1. The van der Waals surface area contributed by atoms with E-state index in [0.717, 1.165) is 11.3 Å². The maximum atomic E-state index is 13.1. The molecule has 0 aliphatic rings. The molecule has 0 fully saturated rings. The highest BCUT2D eigenvalue weighted by Crippen LogP contribution is 2.22. The van der Waals surface area contributed by atoms with Gasteiger partial charge in [0.05, 0.1) is 0 Å². The summed E-state index contributed by atoms with van der Waals surface area (Å²) in [5.74, 6) is -0.195. The third kappa shape index (κ3) is 3.26. The van der Waals surface area contributed by atoms with Crippen LogP contribution in [-0.2, 0) is 0 Å². The minimum atomic E-state index is -0.195. The molecule has 1 N–H and O–H groups in total. The monoisotopic (exact) mass is 261 g/mol. The maximum Gasteiger partial charge on any atom is 0.123 e. The zero-order valence-electron chi connectivity index (χ0n) is 10.5. The number of benzene rings is 2. The minimum absolute atomic E-state index is 0.0841. The summed E-state index contributed by atoms with van der Waals surface area (Å²) in [6, 6.07) is 15.0. The molecule has 0 saturated heterocycles. The van der Waals surface area contributed by atoms with Crippen molar-refractivity contribution in [3.8, 4) is 0 Å². The van der Waals surface area contributed by atoms with Crippen molar-refractivity contribution in [1.82, 2.24) is 0 Å². The average Bonchev–Trinajstić information content (AvgIpc) is 2.39. The van der Waals surface area contributed by atoms with Gasteiger partial charge in [0, 0.05) is 16.6 Å². The van der Waals surface area contributed by atoms with Crippen LogP contribution in [0.2, 0.25) is 0 Å². The molecule has 2 aromatic rings. The van der Waals surface area contributed by atoms with Gasteiger partial charge in [0.2, 0.25) is 0 Å². The number of nitrogens with one attached hydrogen (secondary N) is 1. The van der Waals surface area contributed by atoms with Crippen molar-refractivity contribution in [1.29, 1.82) is 0 Å². The van der Waals surface area contributed by atoms with Gasteiger partial charge in [0.1, 0.15) is 5.82 Å². The van der Waals surface area contributed by atoms with Crippen LogP contribution in [0.1, 0.15) is 18.5 Å². The van der Waals surface area contributed by atoms with Crippen LogP contribution in [0.4, 0.5) is 10.1 Å². The Labute approximate surface area is 111 Å². The van der Waals surface area contributed by atoms with Crippen LogP contribution in [0.25, 0.3) is 0 Å². The molecule has 0 saturated carbocycles. The molecule has 0 spiro atoms. The van der Waals surface area contributed by atoms with Gasteiger partial charge in [-0.1, -0.05) is 12.1 Å². The number of hydrogen-bond donors (Lipinski definition) is 1. The van der Waals surface area contributed by atoms with Gasteiger partial charge in [0.15, 0.2) is 0 Å². The third-order valence-electron chi connectivity index (χ3n) is 2.82. The van der Waals surface area contributed by atoms with E-state index in [0.29, 0.717) is 0 Å². The minimum Gasteiger partial charge on any atom is -0.379 e. The Hall–Kier alpha value is -1.48. The summed E-state index contributed by atoms with van der Waals surface area (Å²) in [5.41, 5.74) is 1.99. The van der Waals surface area contributed by atoms with E-state index >= 15 is 0 Å². The molecule has 0 aliphatic carbocycles. The van der Waals surface area contributed by atoms with Crippen LogP contribution in [0.5, 0.6) is 0 Å². The molecule has 2 aromatic carbocycles. The van der Waals surface area contributed by atoms with E-state index in [1.165, 1.54) is 11.0 Å². The largest absolute Gasteiger partial charge is 0.379 e. The lowest BCUT2D eigenvalue weighted by Gasteiger charge is -2.16. The summed E-state index contributed by atoms with van der Waals surface area (Å²) in [6.45, 7) is 2.03. The van der Waals surface area contributed by atoms with E-state index in [4.69, 9.17) is 0 Å². The molecule has 0 amide bonds. The first-order valence-electron chi connectivity index (χ1n) is 5.85. The number of rotatable bonds is 4. The van der Waals surface area contributed by atoms with Gasteiger partial charge < -0.3 is 5.32 Å². The van der Waals surface area contributed by atoms with Crippen molar-refractivity contribution in [3.63, 3.8) is 0 Å². The molecular weight excluding hydrogens is 245 g/mol. The quantitative estimate of drug-likeness (QED) is 0.799. The van der Waals surface area contributed by atoms with Crippen molar-refractivity contribution in [3.05, 3.63) is 59.9 Å². The van der Waals surface area contributed by atoms with Crippen LogP contribution in [0, 0.1) is 5.82 Å². The lowest BCUT2D eigenvalue weighted by Crippen LogP contribution is -2.06. The first-order valence-corrected chi connectivity index (χ1v) is 7.07. The molecule has 94 valence electrons. The SMILES string of the molecule is CSc1ccc(NC(C)c2cccc(F)c2)cc1. The smallest absolute Gasteiger partial charge is 0.123 e. The summed E-state index contributed by atoms with van der Waals surface area (Å²) in [7, 11) is 0. The highest BCUT2D eigenvalue weighted by atomic mass is 32.2. The van der Waals surface area contributed by atoms with Gasteiger partial charge >= 0.3 is 0 Å². The predicted octanol–water partition coefficient (Wildman–Crippen LogP) is 4.72. The molecule has 0 bridgehead atoms. The van der Waals surface area contributed by atoms with Gasteiger partial charge in [-0.2, -0.15) is 0 Å². The van der Waals surface area contributed by atoms with Crippen molar-refractivity contribution in [2.45, 2.75) is 17.9 Å². The summed E-state index contributed by atoms with van der Waals surface area (Å²) >= 11 is 1.72. The van der Waals surface area contributed by atoms with Crippen LogP contribution in [0.3, 0.4) is 0 Å². The highest BCUT2D eigenvalue weighted by Gasteiger charge is 2.05. The van der Waals surface area contributed by atoms with Crippen LogP contribution in [-0.4, -0.2) is 6.26 Å². The van der Waals surface area contributed by atoms with Gasteiger partial charge in [-0.25, -0.2) is 4.39 Å². The van der Waals surface area contributed by atoms with Crippen molar-refractivity contribution >= 4 is 17.4 Å². The summed E-state index contributed by atoms with van der Waals surface area (Å²) in [6.07, 6.45) is 2.05. The highest BCUT2D eigenvalue weighted by molar-refractivity contribution is 7.98. The standard InChI is InChI=1S/C15H16FNS/c1-11(12-4-3-5-13(16)10-12)17-14-6-8-15(18-2)9-7-14/h3-11,17H,1-2H3. The lowest BCUT2D eigenvalue weighted by molar-refractivity contribution is 0.623. The number of hydrogen-bond acceptors (Lipinski definition) is 2. The molecule has 1 unspecified atom stereocenters. The third-order valence-corrected chi connectivity index (χ3v) is 3.57.